The van der Waals surface area contributed by atoms with Gasteiger partial charge in [-0.2, -0.15) is 0 Å². The maximum Gasteiger partial charge on any atom is 0.195 e. The third kappa shape index (κ3) is 3.71. The normalized spacial score (nSPS) is 10.6. The Balaban J connectivity index is 1.82. The van der Waals surface area contributed by atoms with E-state index in [1.54, 1.807) is 18.9 Å². The Labute approximate surface area is 146 Å². The van der Waals surface area contributed by atoms with Crippen molar-refractivity contribution in [1.82, 2.24) is 14.8 Å². The van der Waals surface area contributed by atoms with Crippen LogP contribution in [0.3, 0.4) is 0 Å². The molecule has 0 saturated heterocycles. The number of nitrogens with one attached hydrogen (secondary N) is 1. The molecule has 0 saturated carbocycles. The highest BCUT2D eigenvalue weighted by molar-refractivity contribution is 7.99. The van der Waals surface area contributed by atoms with Gasteiger partial charge in [-0.25, -0.2) is 0 Å². The Morgan fingerprint density at radius 3 is 2.46 bits per heavy atom. The summed E-state index contributed by atoms with van der Waals surface area (Å²) in [5.41, 5.74) is 2.09. The Kier molecular flexibility index (Phi) is 5.38. The van der Waals surface area contributed by atoms with E-state index in [0.29, 0.717) is 6.54 Å². The number of nitrogens with zero attached hydrogens (tertiary/aromatic N) is 3. The molecule has 5 nitrogen and oxygen atoms in total. The van der Waals surface area contributed by atoms with E-state index in [4.69, 9.17) is 4.74 Å². The van der Waals surface area contributed by atoms with Gasteiger partial charge in [0, 0.05) is 11.4 Å². The van der Waals surface area contributed by atoms with Crippen molar-refractivity contribution >= 4 is 17.4 Å². The van der Waals surface area contributed by atoms with Crippen LogP contribution in [-0.4, -0.2) is 27.6 Å². The van der Waals surface area contributed by atoms with Crippen LogP contribution in [0.15, 0.2) is 59.8 Å². The molecule has 0 amide bonds. The number of hydrogen-bond acceptors (Lipinski definition) is 5. The van der Waals surface area contributed by atoms with Crippen molar-refractivity contribution < 1.29 is 4.74 Å². The Morgan fingerprint density at radius 2 is 1.79 bits per heavy atom. The first-order valence-electron chi connectivity index (χ1n) is 7.82. The number of aromatic nitrogens is 3. The van der Waals surface area contributed by atoms with E-state index in [1.165, 1.54) is 0 Å². The number of anilines is 1. The molecular weight excluding hydrogens is 320 g/mol. The molecule has 0 aliphatic rings. The lowest BCUT2D eigenvalue weighted by molar-refractivity contribution is 0.415. The molecule has 0 bridgehead atoms. The minimum atomic E-state index is 0.596. The van der Waals surface area contributed by atoms with E-state index in [0.717, 1.165) is 33.9 Å². The topological polar surface area (TPSA) is 52.0 Å². The fourth-order valence-electron chi connectivity index (χ4n) is 2.36. The van der Waals surface area contributed by atoms with Crippen LogP contribution < -0.4 is 10.1 Å². The summed E-state index contributed by atoms with van der Waals surface area (Å²) in [7, 11) is 1.66. The number of benzene rings is 2. The van der Waals surface area contributed by atoms with Crippen LogP contribution in [0.5, 0.6) is 5.75 Å². The van der Waals surface area contributed by atoms with Crippen LogP contribution in [0.2, 0.25) is 0 Å². The average Bonchev–Trinajstić information content (AvgIpc) is 3.04. The highest BCUT2D eigenvalue weighted by atomic mass is 32.2. The third-order valence-corrected chi connectivity index (χ3v) is 4.34. The highest BCUT2D eigenvalue weighted by Crippen LogP contribution is 2.22. The molecule has 0 radical (unpaired) electrons. The molecule has 2 aromatic carbocycles. The fraction of sp³-hybridized carbons (Fsp3) is 0.222. The summed E-state index contributed by atoms with van der Waals surface area (Å²) in [5.74, 6) is 2.68. The minimum absolute atomic E-state index is 0.596. The first kappa shape index (κ1) is 16.4. The van der Waals surface area contributed by atoms with Crippen molar-refractivity contribution in [3.05, 3.63) is 60.4 Å². The summed E-state index contributed by atoms with van der Waals surface area (Å²) in [6.45, 7) is 2.71. The lowest BCUT2D eigenvalue weighted by atomic mass is 10.3. The second-order valence-electron chi connectivity index (χ2n) is 5.08. The van der Waals surface area contributed by atoms with Gasteiger partial charge in [0.05, 0.1) is 13.7 Å². The summed E-state index contributed by atoms with van der Waals surface area (Å²) < 4.78 is 7.28. The molecule has 6 heteroatoms. The zero-order valence-electron chi connectivity index (χ0n) is 13.8. The monoisotopic (exact) mass is 340 g/mol. The second kappa shape index (κ2) is 7.88. The Bertz CT molecular complexity index is 771. The highest BCUT2D eigenvalue weighted by Gasteiger charge is 2.13. The van der Waals surface area contributed by atoms with Gasteiger partial charge >= 0.3 is 0 Å². The van der Waals surface area contributed by atoms with Gasteiger partial charge in [-0.3, -0.25) is 4.57 Å². The van der Waals surface area contributed by atoms with Gasteiger partial charge in [-0.1, -0.05) is 36.9 Å². The number of thioether (sulfide) groups is 1. The maximum atomic E-state index is 5.18. The predicted octanol–water partition coefficient (Wildman–Crippen LogP) is 4.00. The second-order valence-corrected chi connectivity index (χ2v) is 6.32. The van der Waals surface area contributed by atoms with Crippen LogP contribution in [0.25, 0.3) is 5.69 Å². The number of methoxy groups -OCH3 is 1. The molecule has 0 aliphatic heterocycles. The molecule has 1 heterocycles. The lowest BCUT2D eigenvalue weighted by Gasteiger charge is -2.11. The predicted molar refractivity (Wildman–Crippen MR) is 98.1 cm³/mol. The fourth-order valence-corrected chi connectivity index (χ4v) is 3.06. The van der Waals surface area contributed by atoms with Crippen molar-refractivity contribution in [1.29, 1.82) is 0 Å². The zero-order chi connectivity index (χ0) is 16.8. The van der Waals surface area contributed by atoms with E-state index in [1.807, 2.05) is 42.5 Å². The number of para-hydroxylation sites is 1. The van der Waals surface area contributed by atoms with Crippen molar-refractivity contribution in [3.8, 4) is 11.4 Å². The van der Waals surface area contributed by atoms with Crippen molar-refractivity contribution in [2.24, 2.45) is 0 Å². The summed E-state index contributed by atoms with van der Waals surface area (Å²) in [6.07, 6.45) is 0. The van der Waals surface area contributed by atoms with Crippen LogP contribution >= 0.6 is 11.8 Å². The molecule has 0 atom stereocenters. The van der Waals surface area contributed by atoms with Gasteiger partial charge in [0.25, 0.3) is 0 Å². The van der Waals surface area contributed by atoms with Crippen LogP contribution in [-0.2, 0) is 6.54 Å². The minimum Gasteiger partial charge on any atom is -0.497 e. The van der Waals surface area contributed by atoms with E-state index in [9.17, 15) is 0 Å². The molecule has 124 valence electrons. The molecule has 1 N–H and O–H groups in total. The molecule has 1 aromatic heterocycles. The maximum absolute atomic E-state index is 5.18. The van der Waals surface area contributed by atoms with Crippen molar-refractivity contribution in [3.63, 3.8) is 0 Å². The quantitative estimate of drug-likeness (QED) is 0.659. The summed E-state index contributed by atoms with van der Waals surface area (Å²) in [4.78, 5) is 0. The zero-order valence-corrected chi connectivity index (χ0v) is 14.6. The van der Waals surface area contributed by atoms with Gasteiger partial charge in [0.2, 0.25) is 0 Å². The molecule has 0 aliphatic carbocycles. The molecule has 24 heavy (non-hydrogen) atoms. The first-order valence-corrected chi connectivity index (χ1v) is 8.81. The Hall–Kier alpha value is -2.47. The molecule has 0 fully saturated rings. The molecule has 0 unspecified atom stereocenters. The summed E-state index contributed by atoms with van der Waals surface area (Å²) in [6, 6.07) is 18.0. The van der Waals surface area contributed by atoms with Gasteiger partial charge in [0.1, 0.15) is 5.75 Å². The van der Waals surface area contributed by atoms with E-state index < -0.39 is 0 Å². The van der Waals surface area contributed by atoms with Crippen molar-refractivity contribution in [2.75, 3.05) is 18.2 Å². The van der Waals surface area contributed by atoms with Crippen LogP contribution in [0, 0.1) is 0 Å². The molecule has 3 rings (SSSR count). The number of hydrogen-bond donors (Lipinski definition) is 1. The van der Waals surface area contributed by atoms with E-state index in [2.05, 4.69) is 39.1 Å². The van der Waals surface area contributed by atoms with E-state index >= 15 is 0 Å². The molecular formula is C18H20N4OS. The molecule has 0 spiro atoms. The van der Waals surface area contributed by atoms with Gasteiger partial charge < -0.3 is 10.1 Å². The largest absolute Gasteiger partial charge is 0.497 e. The molecule has 3 aromatic rings. The summed E-state index contributed by atoms with van der Waals surface area (Å²) in [5, 5.41) is 13.0. The number of rotatable bonds is 7. The standard InChI is InChI=1S/C18H20N4OS/c1-3-24-18-21-20-17(22(18)15-7-5-4-6-8-15)13-19-14-9-11-16(23-2)12-10-14/h4-12,19H,3,13H2,1-2H3. The average molecular weight is 340 g/mol. The van der Waals surface area contributed by atoms with Gasteiger partial charge in [-0.05, 0) is 42.2 Å². The smallest absolute Gasteiger partial charge is 0.195 e. The first-order chi connectivity index (χ1) is 11.8. The van der Waals surface area contributed by atoms with Crippen molar-refractivity contribution in [2.45, 2.75) is 18.6 Å². The van der Waals surface area contributed by atoms with Gasteiger partial charge in [0.15, 0.2) is 11.0 Å². The number of ether oxygens (including phenoxy) is 1. The lowest BCUT2D eigenvalue weighted by Crippen LogP contribution is -2.08. The van der Waals surface area contributed by atoms with Crippen LogP contribution in [0.1, 0.15) is 12.7 Å². The Morgan fingerprint density at radius 1 is 1.04 bits per heavy atom. The van der Waals surface area contributed by atoms with Gasteiger partial charge in [-0.15, -0.1) is 10.2 Å². The SMILES string of the molecule is CCSc1nnc(CNc2ccc(OC)cc2)n1-c1ccccc1. The summed E-state index contributed by atoms with van der Waals surface area (Å²) >= 11 is 1.69. The van der Waals surface area contributed by atoms with E-state index in [-0.39, 0.29) is 0 Å². The van der Waals surface area contributed by atoms with Crippen LogP contribution in [0.4, 0.5) is 5.69 Å². The third-order valence-electron chi connectivity index (χ3n) is 3.53.